The van der Waals surface area contributed by atoms with Gasteiger partial charge in [-0.2, -0.15) is 13.2 Å². The number of nitrogens with one attached hydrogen (secondary N) is 1. The molecule has 1 amide bonds. The number of amides is 1. The van der Waals surface area contributed by atoms with E-state index in [0.29, 0.717) is 5.69 Å². The average Bonchev–Trinajstić information content (AvgIpc) is 2.69. The number of halogens is 3. The summed E-state index contributed by atoms with van der Waals surface area (Å²) < 4.78 is 39.4. The van der Waals surface area contributed by atoms with Crippen molar-refractivity contribution in [2.45, 2.75) is 20.0 Å². The zero-order valence-corrected chi connectivity index (χ0v) is 16.0. The molecule has 3 rings (SSSR count). The summed E-state index contributed by atoms with van der Waals surface area (Å²) in [4.78, 5) is 17.1. The molecule has 0 bridgehead atoms. The van der Waals surface area contributed by atoms with Crippen LogP contribution in [-0.4, -0.2) is 43.5 Å². The molecular weight excluding hydrogens is 367 g/mol. The van der Waals surface area contributed by atoms with Gasteiger partial charge >= 0.3 is 6.18 Å². The molecule has 0 radical (unpaired) electrons. The highest BCUT2D eigenvalue weighted by molar-refractivity contribution is 6.05. The summed E-state index contributed by atoms with van der Waals surface area (Å²) in [6.45, 7) is 8.89. The summed E-state index contributed by atoms with van der Waals surface area (Å²) in [5, 5.41) is 2.62. The maximum Gasteiger partial charge on any atom is 0.417 e. The normalized spacial score (nSPS) is 15.5. The smallest absolute Gasteiger partial charge is 0.369 e. The Morgan fingerprint density at radius 2 is 1.75 bits per heavy atom. The maximum absolute atomic E-state index is 13.1. The van der Waals surface area contributed by atoms with Gasteiger partial charge in [-0.3, -0.25) is 4.79 Å². The number of rotatable bonds is 4. The lowest BCUT2D eigenvalue weighted by atomic mass is 10.1. The lowest BCUT2D eigenvalue weighted by Gasteiger charge is -2.35. The van der Waals surface area contributed by atoms with E-state index in [0.717, 1.165) is 50.0 Å². The molecule has 0 saturated carbocycles. The van der Waals surface area contributed by atoms with Crippen molar-refractivity contribution in [2.75, 3.05) is 42.9 Å². The lowest BCUT2D eigenvalue weighted by molar-refractivity contribution is -0.137. The first-order valence-electron chi connectivity index (χ1n) is 9.35. The SMILES string of the molecule is CCN1CCN(c2ccc(NC(=O)c3ccccc3C(F)(F)F)c(C)c2)CC1. The number of carbonyl (C=O) groups is 1. The van der Waals surface area contributed by atoms with E-state index < -0.39 is 17.6 Å². The second-order valence-corrected chi connectivity index (χ2v) is 6.92. The molecule has 150 valence electrons. The summed E-state index contributed by atoms with van der Waals surface area (Å²) >= 11 is 0. The molecule has 1 heterocycles. The number of carbonyl (C=O) groups excluding carboxylic acids is 1. The predicted molar refractivity (Wildman–Crippen MR) is 105 cm³/mol. The molecule has 1 aliphatic heterocycles. The fraction of sp³-hybridized carbons (Fsp3) is 0.381. The van der Waals surface area contributed by atoms with Crippen LogP contribution in [0.25, 0.3) is 0 Å². The quantitative estimate of drug-likeness (QED) is 0.839. The zero-order chi connectivity index (χ0) is 20.3. The highest BCUT2D eigenvalue weighted by atomic mass is 19.4. The van der Waals surface area contributed by atoms with E-state index in [9.17, 15) is 18.0 Å². The number of benzene rings is 2. The number of nitrogens with zero attached hydrogens (tertiary/aromatic N) is 2. The summed E-state index contributed by atoms with van der Waals surface area (Å²) in [5.74, 6) is -0.764. The summed E-state index contributed by atoms with van der Waals surface area (Å²) in [6.07, 6.45) is -4.58. The second kappa shape index (κ2) is 8.22. The Bertz CT molecular complexity index is 843. The number of hydrogen-bond donors (Lipinski definition) is 1. The predicted octanol–water partition coefficient (Wildman–Crippen LogP) is 4.41. The van der Waals surface area contributed by atoms with E-state index in [-0.39, 0.29) is 5.56 Å². The van der Waals surface area contributed by atoms with Crippen LogP contribution >= 0.6 is 0 Å². The van der Waals surface area contributed by atoms with Gasteiger partial charge in [-0.25, -0.2) is 0 Å². The first-order chi connectivity index (χ1) is 13.3. The van der Waals surface area contributed by atoms with Crippen LogP contribution in [0.5, 0.6) is 0 Å². The van der Waals surface area contributed by atoms with Crippen molar-refractivity contribution in [3.8, 4) is 0 Å². The van der Waals surface area contributed by atoms with Crippen molar-refractivity contribution in [3.63, 3.8) is 0 Å². The molecule has 0 spiro atoms. The van der Waals surface area contributed by atoms with Crippen LogP contribution in [0.1, 0.15) is 28.4 Å². The summed E-state index contributed by atoms with van der Waals surface area (Å²) in [6, 6.07) is 10.4. The van der Waals surface area contributed by atoms with E-state index in [1.54, 1.807) is 6.07 Å². The average molecular weight is 391 g/mol. The Morgan fingerprint density at radius 3 is 2.36 bits per heavy atom. The van der Waals surface area contributed by atoms with E-state index in [1.807, 2.05) is 19.1 Å². The van der Waals surface area contributed by atoms with E-state index >= 15 is 0 Å². The van der Waals surface area contributed by atoms with Crippen LogP contribution in [0.4, 0.5) is 24.5 Å². The number of aryl methyl sites for hydroxylation is 1. The Kier molecular flexibility index (Phi) is 5.93. The molecular formula is C21H24F3N3O. The topological polar surface area (TPSA) is 35.6 Å². The third-order valence-corrected chi connectivity index (χ3v) is 5.12. The molecule has 0 unspecified atom stereocenters. The first kappa shape index (κ1) is 20.2. The fourth-order valence-electron chi connectivity index (χ4n) is 3.43. The zero-order valence-electron chi connectivity index (χ0n) is 16.0. The number of piperazine rings is 1. The molecule has 4 nitrogen and oxygen atoms in total. The minimum absolute atomic E-state index is 0.380. The van der Waals surface area contributed by atoms with Gasteiger partial charge < -0.3 is 15.1 Å². The van der Waals surface area contributed by atoms with Crippen LogP contribution in [0, 0.1) is 6.92 Å². The molecule has 0 atom stereocenters. The van der Waals surface area contributed by atoms with Crippen molar-refractivity contribution < 1.29 is 18.0 Å². The monoisotopic (exact) mass is 391 g/mol. The Hall–Kier alpha value is -2.54. The minimum Gasteiger partial charge on any atom is -0.369 e. The molecule has 0 aromatic heterocycles. The molecule has 28 heavy (non-hydrogen) atoms. The number of hydrogen-bond acceptors (Lipinski definition) is 3. The Balaban J connectivity index is 1.75. The van der Waals surface area contributed by atoms with E-state index in [4.69, 9.17) is 0 Å². The van der Waals surface area contributed by atoms with Gasteiger partial charge in [0.1, 0.15) is 0 Å². The van der Waals surface area contributed by atoms with E-state index in [1.165, 1.54) is 18.2 Å². The van der Waals surface area contributed by atoms with Crippen molar-refractivity contribution in [2.24, 2.45) is 0 Å². The molecule has 0 aliphatic carbocycles. The number of likely N-dealkylation sites (N-methyl/N-ethyl adjacent to an activating group) is 1. The van der Waals surface area contributed by atoms with Crippen LogP contribution in [-0.2, 0) is 6.18 Å². The van der Waals surface area contributed by atoms with Gasteiger partial charge in [0, 0.05) is 37.6 Å². The molecule has 2 aromatic rings. The summed E-state index contributed by atoms with van der Waals surface area (Å²) in [5.41, 5.74) is 1.07. The molecule has 1 aliphatic rings. The summed E-state index contributed by atoms with van der Waals surface area (Å²) in [7, 11) is 0. The molecule has 1 saturated heterocycles. The number of anilines is 2. The van der Waals surface area contributed by atoms with Gasteiger partial charge in [0.2, 0.25) is 0 Å². The van der Waals surface area contributed by atoms with Crippen molar-refractivity contribution >= 4 is 17.3 Å². The second-order valence-electron chi connectivity index (χ2n) is 6.92. The van der Waals surface area contributed by atoms with Gasteiger partial charge in [-0.05, 0) is 49.4 Å². The van der Waals surface area contributed by atoms with Crippen molar-refractivity contribution in [3.05, 3.63) is 59.2 Å². The van der Waals surface area contributed by atoms with Crippen LogP contribution in [0.15, 0.2) is 42.5 Å². The minimum atomic E-state index is -4.58. The van der Waals surface area contributed by atoms with Crippen LogP contribution in [0.2, 0.25) is 0 Å². The third-order valence-electron chi connectivity index (χ3n) is 5.12. The van der Waals surface area contributed by atoms with E-state index in [2.05, 4.69) is 22.0 Å². The third kappa shape index (κ3) is 4.47. The van der Waals surface area contributed by atoms with Gasteiger partial charge in [-0.1, -0.05) is 19.1 Å². The first-order valence-corrected chi connectivity index (χ1v) is 9.35. The fourth-order valence-corrected chi connectivity index (χ4v) is 3.43. The molecule has 7 heteroatoms. The molecule has 2 aromatic carbocycles. The standard InChI is InChI=1S/C21H24F3N3O/c1-3-26-10-12-27(13-11-26)16-8-9-19(15(2)14-16)25-20(28)17-6-4-5-7-18(17)21(22,23)24/h4-9,14H,3,10-13H2,1-2H3,(H,25,28). The van der Waals surface area contributed by atoms with Crippen molar-refractivity contribution in [1.29, 1.82) is 0 Å². The van der Waals surface area contributed by atoms with Crippen LogP contribution in [0.3, 0.4) is 0 Å². The maximum atomic E-state index is 13.1. The van der Waals surface area contributed by atoms with Gasteiger partial charge in [0.15, 0.2) is 0 Å². The largest absolute Gasteiger partial charge is 0.417 e. The van der Waals surface area contributed by atoms with Gasteiger partial charge in [0.25, 0.3) is 5.91 Å². The van der Waals surface area contributed by atoms with Crippen molar-refractivity contribution in [1.82, 2.24) is 4.90 Å². The lowest BCUT2D eigenvalue weighted by Crippen LogP contribution is -2.46. The van der Waals surface area contributed by atoms with Crippen LogP contribution < -0.4 is 10.2 Å². The highest BCUT2D eigenvalue weighted by Crippen LogP contribution is 2.32. The highest BCUT2D eigenvalue weighted by Gasteiger charge is 2.34. The van der Waals surface area contributed by atoms with Gasteiger partial charge in [0.05, 0.1) is 11.1 Å². The number of alkyl halides is 3. The Morgan fingerprint density at radius 1 is 1.07 bits per heavy atom. The Labute approximate surface area is 162 Å². The van der Waals surface area contributed by atoms with Gasteiger partial charge in [-0.15, -0.1) is 0 Å². The molecule has 1 N–H and O–H groups in total. The molecule has 1 fully saturated rings.